The Morgan fingerprint density at radius 1 is 1.42 bits per heavy atom. The topological polar surface area (TPSA) is 93.5 Å². The standard InChI is InChI=1S/C12H17N3O4/c1-19-7-3-6-13-12(16)14-9-10-4-2-5-11(8-10)15(17)18/h2,4-5,8H,3,6-7,9H2,1H3,(H2,13,14,16). The van der Waals surface area contributed by atoms with Crippen LogP contribution in [0.1, 0.15) is 12.0 Å². The number of carbonyl (C=O) groups is 1. The van der Waals surface area contributed by atoms with Gasteiger partial charge in [-0.25, -0.2) is 4.79 Å². The first-order chi connectivity index (χ1) is 9.13. The zero-order chi connectivity index (χ0) is 14.1. The van der Waals surface area contributed by atoms with Crippen molar-refractivity contribution < 1.29 is 14.5 Å². The zero-order valence-electron chi connectivity index (χ0n) is 10.7. The maximum absolute atomic E-state index is 11.4. The van der Waals surface area contributed by atoms with E-state index in [0.717, 1.165) is 6.42 Å². The fraction of sp³-hybridized carbons (Fsp3) is 0.417. The van der Waals surface area contributed by atoms with E-state index in [-0.39, 0.29) is 18.3 Å². The van der Waals surface area contributed by atoms with Crippen LogP contribution < -0.4 is 10.6 Å². The minimum atomic E-state index is -0.464. The largest absolute Gasteiger partial charge is 0.385 e. The van der Waals surface area contributed by atoms with Crippen molar-refractivity contribution in [1.82, 2.24) is 10.6 Å². The molecule has 0 fully saturated rings. The number of non-ortho nitro benzene ring substituents is 1. The van der Waals surface area contributed by atoms with Gasteiger partial charge in [-0.05, 0) is 12.0 Å². The lowest BCUT2D eigenvalue weighted by Gasteiger charge is -2.07. The highest BCUT2D eigenvalue weighted by Gasteiger charge is 2.06. The second-order valence-electron chi connectivity index (χ2n) is 3.88. The number of nitro groups is 1. The van der Waals surface area contributed by atoms with Gasteiger partial charge in [0.2, 0.25) is 0 Å². The maximum Gasteiger partial charge on any atom is 0.315 e. The van der Waals surface area contributed by atoms with Crippen molar-refractivity contribution in [2.45, 2.75) is 13.0 Å². The number of nitrogens with one attached hydrogen (secondary N) is 2. The summed E-state index contributed by atoms with van der Waals surface area (Å²) in [4.78, 5) is 21.5. The van der Waals surface area contributed by atoms with Gasteiger partial charge in [0.25, 0.3) is 5.69 Å². The first-order valence-electron chi connectivity index (χ1n) is 5.87. The van der Waals surface area contributed by atoms with Gasteiger partial charge in [0.05, 0.1) is 4.92 Å². The van der Waals surface area contributed by atoms with Crippen molar-refractivity contribution in [2.75, 3.05) is 20.3 Å². The van der Waals surface area contributed by atoms with E-state index in [9.17, 15) is 14.9 Å². The minimum absolute atomic E-state index is 0.0137. The van der Waals surface area contributed by atoms with Crippen LogP contribution in [0.15, 0.2) is 24.3 Å². The van der Waals surface area contributed by atoms with E-state index in [1.54, 1.807) is 19.2 Å². The van der Waals surface area contributed by atoms with Crippen molar-refractivity contribution in [3.8, 4) is 0 Å². The lowest BCUT2D eigenvalue weighted by molar-refractivity contribution is -0.384. The van der Waals surface area contributed by atoms with Crippen LogP contribution in [0.4, 0.5) is 10.5 Å². The summed E-state index contributed by atoms with van der Waals surface area (Å²) in [6.45, 7) is 1.36. The molecule has 0 aliphatic carbocycles. The molecule has 0 heterocycles. The number of ether oxygens (including phenoxy) is 1. The van der Waals surface area contributed by atoms with E-state index < -0.39 is 4.92 Å². The van der Waals surface area contributed by atoms with Gasteiger partial charge in [-0.15, -0.1) is 0 Å². The number of nitro benzene ring substituents is 1. The first kappa shape index (κ1) is 14.9. The summed E-state index contributed by atoms with van der Waals surface area (Å²) in [5, 5.41) is 15.9. The predicted molar refractivity (Wildman–Crippen MR) is 69.8 cm³/mol. The van der Waals surface area contributed by atoms with Crippen LogP contribution in [0.2, 0.25) is 0 Å². The monoisotopic (exact) mass is 267 g/mol. The highest BCUT2D eigenvalue weighted by atomic mass is 16.6. The highest BCUT2D eigenvalue weighted by molar-refractivity contribution is 5.73. The molecule has 7 heteroatoms. The van der Waals surface area contributed by atoms with Gasteiger partial charge in [0, 0.05) is 38.9 Å². The molecule has 0 radical (unpaired) electrons. The van der Waals surface area contributed by atoms with Crippen LogP contribution in [0.25, 0.3) is 0 Å². The molecule has 1 rings (SSSR count). The summed E-state index contributed by atoms with van der Waals surface area (Å²) in [5.74, 6) is 0. The lowest BCUT2D eigenvalue weighted by atomic mass is 10.2. The summed E-state index contributed by atoms with van der Waals surface area (Å²) < 4.78 is 4.85. The van der Waals surface area contributed by atoms with E-state index in [1.165, 1.54) is 12.1 Å². The van der Waals surface area contributed by atoms with E-state index in [4.69, 9.17) is 4.74 Å². The number of methoxy groups -OCH3 is 1. The average Bonchev–Trinajstić information content (AvgIpc) is 2.41. The SMILES string of the molecule is COCCCNC(=O)NCc1cccc([N+](=O)[O-])c1. The Hall–Kier alpha value is -2.15. The molecule has 2 N–H and O–H groups in total. The second kappa shape index (κ2) is 8.04. The van der Waals surface area contributed by atoms with Gasteiger partial charge in [0.15, 0.2) is 0 Å². The van der Waals surface area contributed by atoms with Crippen LogP contribution in [-0.4, -0.2) is 31.2 Å². The summed E-state index contributed by atoms with van der Waals surface area (Å²) >= 11 is 0. The zero-order valence-corrected chi connectivity index (χ0v) is 10.7. The highest BCUT2D eigenvalue weighted by Crippen LogP contribution is 2.12. The molecule has 0 aromatic heterocycles. The Morgan fingerprint density at radius 2 is 2.21 bits per heavy atom. The molecule has 104 valence electrons. The normalized spacial score (nSPS) is 9.95. The number of rotatable bonds is 7. The summed E-state index contributed by atoms with van der Waals surface area (Å²) in [6.07, 6.45) is 0.737. The molecule has 0 aliphatic rings. The Labute approximate surface area is 111 Å². The van der Waals surface area contributed by atoms with E-state index in [2.05, 4.69) is 10.6 Å². The molecular weight excluding hydrogens is 250 g/mol. The van der Waals surface area contributed by atoms with Gasteiger partial charge in [-0.1, -0.05) is 12.1 Å². The van der Waals surface area contributed by atoms with Crippen molar-refractivity contribution >= 4 is 11.7 Å². The van der Waals surface area contributed by atoms with Crippen molar-refractivity contribution in [2.24, 2.45) is 0 Å². The van der Waals surface area contributed by atoms with Crippen LogP contribution >= 0.6 is 0 Å². The number of carbonyl (C=O) groups excluding carboxylic acids is 1. The smallest absolute Gasteiger partial charge is 0.315 e. The molecule has 0 aliphatic heterocycles. The number of urea groups is 1. The maximum atomic E-state index is 11.4. The minimum Gasteiger partial charge on any atom is -0.385 e. The summed E-state index contributed by atoms with van der Waals surface area (Å²) in [6, 6.07) is 5.85. The third-order valence-corrected chi connectivity index (χ3v) is 2.39. The molecule has 0 unspecified atom stereocenters. The Balaban J connectivity index is 2.33. The molecule has 0 spiro atoms. The third-order valence-electron chi connectivity index (χ3n) is 2.39. The summed E-state index contributed by atoms with van der Waals surface area (Å²) in [5.41, 5.74) is 0.695. The fourth-order valence-corrected chi connectivity index (χ4v) is 1.44. The quantitative estimate of drug-likeness (QED) is 0.444. The van der Waals surface area contributed by atoms with Crippen molar-refractivity contribution in [3.05, 3.63) is 39.9 Å². The molecule has 1 aromatic rings. The number of benzene rings is 1. The van der Waals surface area contributed by atoms with Crippen LogP contribution in [0.3, 0.4) is 0 Å². The molecule has 0 bridgehead atoms. The van der Waals surface area contributed by atoms with Crippen molar-refractivity contribution in [3.63, 3.8) is 0 Å². The molecule has 1 aromatic carbocycles. The molecular formula is C12H17N3O4. The number of hydrogen-bond donors (Lipinski definition) is 2. The number of hydrogen-bond acceptors (Lipinski definition) is 4. The molecule has 0 atom stereocenters. The second-order valence-corrected chi connectivity index (χ2v) is 3.88. The van der Waals surface area contributed by atoms with E-state index in [0.29, 0.717) is 18.7 Å². The van der Waals surface area contributed by atoms with Gasteiger partial charge in [0.1, 0.15) is 0 Å². The molecule has 2 amide bonds. The van der Waals surface area contributed by atoms with Crippen molar-refractivity contribution in [1.29, 1.82) is 0 Å². The van der Waals surface area contributed by atoms with Gasteiger partial charge in [-0.3, -0.25) is 10.1 Å². The van der Waals surface area contributed by atoms with Gasteiger partial charge in [-0.2, -0.15) is 0 Å². The first-order valence-corrected chi connectivity index (χ1v) is 5.87. The number of amides is 2. The van der Waals surface area contributed by atoms with Crippen LogP contribution in [0, 0.1) is 10.1 Å². The molecule has 7 nitrogen and oxygen atoms in total. The predicted octanol–water partition coefficient (Wildman–Crippen LogP) is 1.43. The van der Waals surface area contributed by atoms with Crippen LogP contribution in [0.5, 0.6) is 0 Å². The Bertz CT molecular complexity index is 437. The molecule has 19 heavy (non-hydrogen) atoms. The molecule has 0 saturated carbocycles. The molecule has 0 saturated heterocycles. The number of nitrogens with zero attached hydrogens (tertiary/aromatic N) is 1. The summed E-state index contributed by atoms with van der Waals surface area (Å²) in [7, 11) is 1.60. The third kappa shape index (κ3) is 5.82. The van der Waals surface area contributed by atoms with Gasteiger partial charge < -0.3 is 15.4 Å². The Morgan fingerprint density at radius 3 is 2.89 bits per heavy atom. The van der Waals surface area contributed by atoms with Crippen LogP contribution in [-0.2, 0) is 11.3 Å². The lowest BCUT2D eigenvalue weighted by Crippen LogP contribution is -2.35. The Kier molecular flexibility index (Phi) is 6.31. The fourth-order valence-electron chi connectivity index (χ4n) is 1.44. The van der Waals surface area contributed by atoms with E-state index in [1.807, 2.05) is 0 Å². The van der Waals surface area contributed by atoms with Gasteiger partial charge >= 0.3 is 6.03 Å². The van der Waals surface area contributed by atoms with E-state index >= 15 is 0 Å². The average molecular weight is 267 g/mol.